The van der Waals surface area contributed by atoms with E-state index in [2.05, 4.69) is 32.2 Å². The highest BCUT2D eigenvalue weighted by atomic mass is 127. The third-order valence-electron chi connectivity index (χ3n) is 4.34. The number of nitrogens with zero attached hydrogens (tertiary/aromatic N) is 2. The maximum absolute atomic E-state index is 12.5. The maximum Gasteiger partial charge on any atom is 0.573 e. The molecule has 0 radical (unpaired) electrons. The van der Waals surface area contributed by atoms with Crippen molar-refractivity contribution >= 4 is 29.9 Å². The standard InChI is InChI=1S/C18H27F3N4O.HI/c1-3-10-25-11-8-15(9-12-25)24-17(22-2)23-13-14-6-4-5-7-16(14)26-18(19,20)21;/h4-7,15H,3,8-13H2,1-2H3,(H2,22,23,24);1H. The molecule has 1 fully saturated rings. The summed E-state index contributed by atoms with van der Waals surface area (Å²) >= 11 is 0. The number of benzene rings is 1. The molecule has 0 amide bonds. The van der Waals surface area contributed by atoms with E-state index < -0.39 is 6.36 Å². The number of alkyl halides is 3. The predicted molar refractivity (Wildman–Crippen MR) is 112 cm³/mol. The second-order valence-electron chi connectivity index (χ2n) is 6.34. The molecule has 5 nitrogen and oxygen atoms in total. The Balaban J connectivity index is 0.00000364. The van der Waals surface area contributed by atoms with E-state index in [-0.39, 0.29) is 36.3 Å². The predicted octanol–water partition coefficient (Wildman–Crippen LogP) is 3.74. The third-order valence-corrected chi connectivity index (χ3v) is 4.34. The highest BCUT2D eigenvalue weighted by Gasteiger charge is 2.32. The van der Waals surface area contributed by atoms with Crippen LogP contribution in [0, 0.1) is 0 Å². The number of aliphatic imine (C=N–C) groups is 1. The molecule has 0 aliphatic carbocycles. The Labute approximate surface area is 175 Å². The minimum absolute atomic E-state index is 0. The van der Waals surface area contributed by atoms with Crippen molar-refractivity contribution in [3.05, 3.63) is 29.8 Å². The molecule has 27 heavy (non-hydrogen) atoms. The molecule has 0 saturated carbocycles. The van der Waals surface area contributed by atoms with Gasteiger partial charge >= 0.3 is 6.36 Å². The first-order valence-electron chi connectivity index (χ1n) is 8.94. The largest absolute Gasteiger partial charge is 0.573 e. The summed E-state index contributed by atoms with van der Waals surface area (Å²) in [5.74, 6) is 0.386. The second-order valence-corrected chi connectivity index (χ2v) is 6.34. The van der Waals surface area contributed by atoms with Crippen LogP contribution in [0.4, 0.5) is 13.2 Å². The SMILES string of the molecule is CCCN1CCC(NC(=NC)NCc2ccccc2OC(F)(F)F)CC1.I. The molecule has 0 aromatic heterocycles. The van der Waals surface area contributed by atoms with Gasteiger partial charge in [0.2, 0.25) is 0 Å². The topological polar surface area (TPSA) is 48.9 Å². The Kier molecular flexibility index (Phi) is 10.2. The molecule has 1 aliphatic heterocycles. The molecule has 0 atom stereocenters. The van der Waals surface area contributed by atoms with Gasteiger partial charge in [0.15, 0.2) is 5.96 Å². The zero-order valence-electron chi connectivity index (χ0n) is 15.7. The Hall–Kier alpha value is -1.23. The first kappa shape index (κ1) is 23.8. The smallest absolute Gasteiger partial charge is 0.405 e. The number of halogens is 4. The van der Waals surface area contributed by atoms with Gasteiger partial charge in [0.1, 0.15) is 5.75 Å². The number of nitrogens with one attached hydrogen (secondary N) is 2. The average Bonchev–Trinajstić information content (AvgIpc) is 2.60. The molecule has 1 aromatic carbocycles. The van der Waals surface area contributed by atoms with Crippen LogP contribution in [0.25, 0.3) is 0 Å². The van der Waals surface area contributed by atoms with E-state index in [1.165, 1.54) is 12.1 Å². The van der Waals surface area contributed by atoms with Gasteiger partial charge in [0.05, 0.1) is 0 Å². The van der Waals surface area contributed by atoms with Gasteiger partial charge in [0, 0.05) is 38.3 Å². The number of ether oxygens (including phenoxy) is 1. The summed E-state index contributed by atoms with van der Waals surface area (Å²) in [4.78, 5) is 6.62. The van der Waals surface area contributed by atoms with Crippen LogP contribution in [0.5, 0.6) is 5.75 Å². The summed E-state index contributed by atoms with van der Waals surface area (Å²) in [6.07, 6.45) is -1.51. The number of piperidine rings is 1. The summed E-state index contributed by atoms with van der Waals surface area (Å²) in [5.41, 5.74) is 0.422. The van der Waals surface area contributed by atoms with E-state index >= 15 is 0 Å². The van der Waals surface area contributed by atoms with Crippen LogP contribution >= 0.6 is 24.0 Å². The summed E-state index contributed by atoms with van der Waals surface area (Å²) in [7, 11) is 1.65. The molecule has 2 rings (SSSR count). The van der Waals surface area contributed by atoms with Crippen molar-refractivity contribution in [2.24, 2.45) is 4.99 Å². The van der Waals surface area contributed by atoms with Gasteiger partial charge in [-0.2, -0.15) is 0 Å². The van der Waals surface area contributed by atoms with Crippen molar-refractivity contribution in [3.63, 3.8) is 0 Å². The Bertz CT molecular complexity index is 590. The minimum atomic E-state index is -4.71. The van der Waals surface area contributed by atoms with Gasteiger partial charge in [-0.15, -0.1) is 37.1 Å². The van der Waals surface area contributed by atoms with E-state index in [4.69, 9.17) is 0 Å². The average molecular weight is 500 g/mol. The molecule has 1 aliphatic rings. The number of para-hydroxylation sites is 1. The maximum atomic E-state index is 12.5. The highest BCUT2D eigenvalue weighted by molar-refractivity contribution is 14.0. The molecule has 1 aromatic rings. The molecule has 9 heteroatoms. The van der Waals surface area contributed by atoms with Crippen molar-refractivity contribution in [1.29, 1.82) is 0 Å². The van der Waals surface area contributed by atoms with Gasteiger partial charge in [-0.25, -0.2) is 0 Å². The zero-order valence-corrected chi connectivity index (χ0v) is 18.0. The second kappa shape index (κ2) is 11.6. The lowest BCUT2D eigenvalue weighted by atomic mass is 10.1. The monoisotopic (exact) mass is 500 g/mol. The molecule has 1 saturated heterocycles. The van der Waals surface area contributed by atoms with Gasteiger partial charge in [-0.1, -0.05) is 25.1 Å². The normalized spacial score (nSPS) is 16.6. The fourth-order valence-electron chi connectivity index (χ4n) is 3.06. The van der Waals surface area contributed by atoms with Crippen LogP contribution in [0.1, 0.15) is 31.7 Å². The summed E-state index contributed by atoms with van der Waals surface area (Å²) < 4.78 is 41.6. The van der Waals surface area contributed by atoms with Crippen molar-refractivity contribution in [2.75, 3.05) is 26.7 Å². The number of likely N-dealkylation sites (tertiary alicyclic amines) is 1. The lowest BCUT2D eigenvalue weighted by Gasteiger charge is -2.32. The van der Waals surface area contributed by atoms with E-state index in [1.54, 1.807) is 19.2 Å². The quantitative estimate of drug-likeness (QED) is 0.355. The molecule has 0 unspecified atom stereocenters. The summed E-state index contributed by atoms with van der Waals surface area (Å²) in [5, 5.41) is 6.43. The Morgan fingerprint density at radius 3 is 2.52 bits per heavy atom. The lowest BCUT2D eigenvalue weighted by molar-refractivity contribution is -0.274. The van der Waals surface area contributed by atoms with Crippen LogP contribution in [-0.4, -0.2) is 49.9 Å². The number of hydrogen-bond donors (Lipinski definition) is 2. The van der Waals surface area contributed by atoms with E-state index in [1.807, 2.05) is 0 Å². The van der Waals surface area contributed by atoms with Gasteiger partial charge < -0.3 is 20.3 Å². The zero-order chi connectivity index (χ0) is 19.0. The number of rotatable bonds is 6. The van der Waals surface area contributed by atoms with Crippen LogP contribution in [-0.2, 0) is 6.54 Å². The van der Waals surface area contributed by atoms with Crippen molar-refractivity contribution in [1.82, 2.24) is 15.5 Å². The first-order chi connectivity index (χ1) is 12.4. The van der Waals surface area contributed by atoms with Crippen molar-refractivity contribution in [3.8, 4) is 5.75 Å². The van der Waals surface area contributed by atoms with Crippen LogP contribution in [0.3, 0.4) is 0 Å². The Morgan fingerprint density at radius 2 is 1.93 bits per heavy atom. The molecular formula is C18H28F3IN4O. The third kappa shape index (κ3) is 8.54. The fraction of sp³-hybridized carbons (Fsp3) is 0.611. The van der Waals surface area contributed by atoms with Crippen molar-refractivity contribution < 1.29 is 17.9 Å². The van der Waals surface area contributed by atoms with Crippen LogP contribution < -0.4 is 15.4 Å². The molecule has 154 valence electrons. The van der Waals surface area contributed by atoms with Crippen molar-refractivity contribution in [2.45, 2.75) is 45.1 Å². The molecular weight excluding hydrogens is 472 g/mol. The summed E-state index contributed by atoms with van der Waals surface area (Å²) in [6.45, 7) is 5.59. The van der Waals surface area contributed by atoms with Crippen LogP contribution in [0.15, 0.2) is 29.3 Å². The van der Waals surface area contributed by atoms with Crippen LogP contribution in [0.2, 0.25) is 0 Å². The minimum Gasteiger partial charge on any atom is -0.405 e. The first-order valence-corrected chi connectivity index (χ1v) is 8.94. The van der Waals surface area contributed by atoms with E-state index in [0.717, 1.165) is 38.9 Å². The molecule has 2 N–H and O–H groups in total. The van der Waals surface area contributed by atoms with Gasteiger partial charge in [-0.05, 0) is 31.9 Å². The summed E-state index contributed by atoms with van der Waals surface area (Å²) in [6, 6.07) is 6.42. The van der Waals surface area contributed by atoms with E-state index in [0.29, 0.717) is 17.6 Å². The number of guanidine groups is 1. The number of hydrogen-bond acceptors (Lipinski definition) is 3. The lowest BCUT2D eigenvalue weighted by Crippen LogP contribution is -2.48. The fourth-order valence-corrected chi connectivity index (χ4v) is 3.06. The Morgan fingerprint density at radius 1 is 1.26 bits per heavy atom. The highest BCUT2D eigenvalue weighted by Crippen LogP contribution is 2.26. The molecule has 0 spiro atoms. The van der Waals surface area contributed by atoms with Gasteiger partial charge in [0.25, 0.3) is 0 Å². The van der Waals surface area contributed by atoms with Gasteiger partial charge in [-0.3, -0.25) is 4.99 Å². The molecule has 1 heterocycles. The van der Waals surface area contributed by atoms with E-state index in [9.17, 15) is 13.2 Å². The molecule has 0 bridgehead atoms.